The Morgan fingerprint density at radius 2 is 1.02 bits per heavy atom. The third-order valence-corrected chi connectivity index (χ3v) is 18.9. The molecule has 0 bridgehead atoms. The number of hydrogen-bond acceptors (Lipinski definition) is 12. The van der Waals surface area contributed by atoms with Gasteiger partial charge in [-0.25, -0.2) is 9.59 Å². The highest BCUT2D eigenvalue weighted by atomic mass is 32.2. The van der Waals surface area contributed by atoms with Gasteiger partial charge in [0.05, 0.1) is 55.2 Å². The van der Waals surface area contributed by atoms with Gasteiger partial charge in [-0.2, -0.15) is 26.3 Å². The van der Waals surface area contributed by atoms with Crippen LogP contribution >= 0.6 is 23.5 Å². The first-order valence-electron chi connectivity index (χ1n) is 29.2. The summed E-state index contributed by atoms with van der Waals surface area (Å²) < 4.78 is 96.7. The Morgan fingerprint density at radius 3 is 1.33 bits per heavy atom. The van der Waals surface area contributed by atoms with Crippen molar-refractivity contribution in [2.45, 2.75) is 214 Å². The van der Waals surface area contributed by atoms with Crippen LogP contribution in [0.15, 0.2) is 34.1 Å². The van der Waals surface area contributed by atoms with Gasteiger partial charge >= 0.3 is 24.5 Å². The largest absolute Gasteiger partial charge is 0.444 e. The van der Waals surface area contributed by atoms with E-state index in [4.69, 9.17) is 15.2 Å². The molecule has 2 saturated carbocycles. The second kappa shape index (κ2) is 25.5. The number of benzene rings is 2. The summed E-state index contributed by atoms with van der Waals surface area (Å²) in [6.45, 7) is 20.8. The van der Waals surface area contributed by atoms with Crippen LogP contribution in [0.3, 0.4) is 0 Å². The van der Waals surface area contributed by atoms with Crippen LogP contribution in [0.2, 0.25) is 0 Å². The molecule has 466 valence electrons. The zero-order chi connectivity index (χ0) is 62.2. The Balaban J connectivity index is 0.000000242. The van der Waals surface area contributed by atoms with Crippen molar-refractivity contribution in [3.8, 4) is 0 Å². The van der Waals surface area contributed by atoms with Crippen LogP contribution in [0.1, 0.15) is 179 Å². The van der Waals surface area contributed by atoms with E-state index in [2.05, 4.69) is 5.32 Å². The van der Waals surface area contributed by atoms with Crippen LogP contribution in [0.4, 0.5) is 47.3 Å². The third kappa shape index (κ3) is 14.5. The maximum absolute atomic E-state index is 14.6. The molecule has 25 heteroatoms. The summed E-state index contributed by atoms with van der Waals surface area (Å²) in [5.74, 6) is -2.18. The van der Waals surface area contributed by atoms with E-state index >= 15 is 0 Å². The molecule has 8 rings (SSSR count). The van der Waals surface area contributed by atoms with Crippen molar-refractivity contribution in [2.24, 2.45) is 5.73 Å². The van der Waals surface area contributed by atoms with Gasteiger partial charge in [-0.15, -0.1) is 23.5 Å². The molecule has 4 heterocycles. The van der Waals surface area contributed by atoms with Crippen molar-refractivity contribution in [1.82, 2.24) is 24.9 Å². The molecule has 2 saturated heterocycles. The van der Waals surface area contributed by atoms with Gasteiger partial charge in [-0.1, -0.05) is 6.92 Å². The number of likely N-dealkylation sites (tertiary alicyclic amines) is 2. The lowest BCUT2D eigenvalue weighted by atomic mass is 9.82. The van der Waals surface area contributed by atoms with Gasteiger partial charge < -0.3 is 49.9 Å². The summed E-state index contributed by atoms with van der Waals surface area (Å²) >= 11 is 2.31. The highest BCUT2D eigenvalue weighted by molar-refractivity contribution is 8.02. The molecule has 2 spiro atoms. The van der Waals surface area contributed by atoms with Crippen molar-refractivity contribution < 1.29 is 69.4 Å². The Morgan fingerprint density at radius 1 is 0.643 bits per heavy atom. The van der Waals surface area contributed by atoms with Crippen molar-refractivity contribution in [2.75, 3.05) is 62.2 Å². The minimum absolute atomic E-state index is 0.0697. The van der Waals surface area contributed by atoms with Gasteiger partial charge in [0.15, 0.2) is 0 Å². The Hall–Kier alpha value is -5.43. The summed E-state index contributed by atoms with van der Waals surface area (Å²) in [6.07, 6.45) is -4.32. The zero-order valence-corrected chi connectivity index (χ0v) is 51.7. The molecule has 2 atom stereocenters. The van der Waals surface area contributed by atoms with Gasteiger partial charge in [0.2, 0.25) is 17.7 Å². The van der Waals surface area contributed by atoms with Gasteiger partial charge in [0.25, 0.3) is 11.8 Å². The van der Waals surface area contributed by atoms with Crippen LogP contribution in [0, 0.1) is 0 Å². The molecule has 4 aliphatic heterocycles. The van der Waals surface area contributed by atoms with E-state index < -0.39 is 103 Å². The molecule has 4 fully saturated rings. The Kier molecular flexibility index (Phi) is 20.1. The van der Waals surface area contributed by atoms with Gasteiger partial charge in [-0.05, 0) is 158 Å². The number of rotatable bonds is 12. The Labute approximate surface area is 497 Å². The van der Waals surface area contributed by atoms with E-state index in [1.807, 2.05) is 0 Å². The zero-order valence-electron chi connectivity index (χ0n) is 50.1. The van der Waals surface area contributed by atoms with E-state index in [-0.39, 0.29) is 74.8 Å². The summed E-state index contributed by atoms with van der Waals surface area (Å²) in [4.78, 5) is 102. The lowest BCUT2D eigenvalue weighted by molar-refractivity contribution is -0.139. The van der Waals surface area contributed by atoms with Crippen LogP contribution in [-0.4, -0.2) is 159 Å². The second-order valence-corrected chi connectivity index (χ2v) is 27.9. The lowest BCUT2D eigenvalue weighted by Crippen LogP contribution is -2.55. The van der Waals surface area contributed by atoms with E-state index in [1.54, 1.807) is 76.2 Å². The fraction of sp³-hybridized carbons (Fsp3) is 0.678. The van der Waals surface area contributed by atoms with Crippen molar-refractivity contribution in [1.29, 1.82) is 0 Å². The van der Waals surface area contributed by atoms with E-state index in [9.17, 15) is 59.9 Å². The molecule has 0 radical (unpaired) electrons. The minimum atomic E-state index is -4.83. The number of piperidine rings is 2. The molecular formula is C59H82F6N8O9S2. The number of amides is 7. The first-order valence-corrected chi connectivity index (χ1v) is 30.8. The van der Waals surface area contributed by atoms with Crippen molar-refractivity contribution in [3.05, 3.63) is 46.5 Å². The molecule has 17 nitrogen and oxygen atoms in total. The lowest BCUT2D eigenvalue weighted by Gasteiger charge is -2.47. The number of halogens is 6. The predicted octanol–water partition coefficient (Wildman–Crippen LogP) is 11.1. The van der Waals surface area contributed by atoms with E-state index in [1.165, 1.54) is 53.3 Å². The third-order valence-electron chi connectivity index (χ3n) is 15.9. The fourth-order valence-electron chi connectivity index (χ4n) is 11.7. The van der Waals surface area contributed by atoms with Crippen LogP contribution < -0.4 is 20.9 Å². The molecule has 2 aromatic carbocycles. The molecule has 0 aromatic heterocycles. The average Bonchev–Trinajstić information content (AvgIpc) is 0.862. The number of nitrogens with zero attached hydrogens (tertiary/aromatic N) is 6. The highest BCUT2D eigenvalue weighted by Crippen LogP contribution is 2.58. The minimum Gasteiger partial charge on any atom is -0.444 e. The SMILES string of the molecule is CC(C)N(C(=O)c1cc2c(cc1C(F)(F)F)SC1(CCC1)C(=O)N2CCN)[C@@H]1CCCN(C(=O)OC(C)(C)C)C1.CCC(=O)NCCN1C(=O)C2(CCC2)Sc2cc(C(F)(F)F)c(C(=O)N(C(C)C)[C@@H]3CCCN(C(=O)OC(C)(C)C)C3)cc21. The standard InChI is InChI=1S/C31H43F3N4O5S.C28H39F3N4O4S/c1-7-25(39)35-13-15-37-23-16-21(22(31(32,33)34)17-24(23)44-30(27(37)41)11-9-12-30)26(40)38(19(2)3)20-10-8-14-36(18-20)28(42)43-29(4,5)6;1-17(2)35(18-8-6-12-33(16-18)25(38)39-26(3,4)5)23(36)19-14-21-22(15-20(19)28(29,30)31)40-27(9-7-10-27)24(37)34(21)13-11-32/h16-17,19-20H,7-15,18H2,1-6H3,(H,35,39);14-15,17-18H,6-13,16,32H2,1-5H3/t20-;18-/m11/s1. The topological polar surface area (TPSA) is 195 Å². The molecule has 2 aliphatic carbocycles. The summed E-state index contributed by atoms with van der Waals surface area (Å²) in [6, 6.07) is 2.49. The molecule has 7 amide bonds. The molecule has 3 N–H and O–H groups in total. The van der Waals surface area contributed by atoms with Crippen LogP contribution in [-0.2, 0) is 36.2 Å². The predicted molar refractivity (Wildman–Crippen MR) is 309 cm³/mol. The van der Waals surface area contributed by atoms with Gasteiger partial charge in [0, 0.05) is 80.7 Å². The maximum Gasteiger partial charge on any atom is 0.417 e. The molecule has 6 aliphatic rings. The molecule has 84 heavy (non-hydrogen) atoms. The number of carbonyl (C=O) groups is 7. The van der Waals surface area contributed by atoms with Crippen LogP contribution in [0.5, 0.6) is 0 Å². The number of nitrogens with one attached hydrogen (secondary N) is 1. The summed E-state index contributed by atoms with van der Waals surface area (Å²) in [5, 5.41) is 2.73. The number of nitrogens with two attached hydrogens (primary N) is 1. The number of thioether (sulfide) groups is 2. The number of ether oxygens (including phenoxy) is 2. The van der Waals surface area contributed by atoms with E-state index in [0.29, 0.717) is 74.2 Å². The van der Waals surface area contributed by atoms with Gasteiger partial charge in [0.1, 0.15) is 11.2 Å². The maximum atomic E-state index is 14.6. The second-order valence-electron chi connectivity index (χ2n) is 25.1. The van der Waals surface area contributed by atoms with Crippen molar-refractivity contribution in [3.63, 3.8) is 0 Å². The number of hydrogen-bond donors (Lipinski definition) is 2. The monoisotopic (exact) mass is 1220 g/mol. The number of anilines is 2. The fourth-order valence-corrected chi connectivity index (χ4v) is 14.8. The van der Waals surface area contributed by atoms with Crippen LogP contribution in [0.25, 0.3) is 0 Å². The molecule has 2 aromatic rings. The Bertz CT molecular complexity index is 2830. The quantitative estimate of drug-likeness (QED) is 0.191. The summed E-state index contributed by atoms with van der Waals surface area (Å²) in [5.41, 5.74) is 1.77. The number of carbonyl (C=O) groups excluding carboxylic acids is 7. The normalized spacial score (nSPS) is 20.3. The highest BCUT2D eigenvalue weighted by Gasteiger charge is 2.54. The smallest absolute Gasteiger partial charge is 0.417 e. The molecular weight excluding hydrogens is 1140 g/mol. The summed E-state index contributed by atoms with van der Waals surface area (Å²) in [7, 11) is 0. The molecule has 0 unspecified atom stereocenters. The van der Waals surface area contributed by atoms with Crippen molar-refractivity contribution >= 4 is 76.6 Å². The van der Waals surface area contributed by atoms with Gasteiger partial charge in [-0.3, -0.25) is 24.0 Å². The number of fused-ring (bicyclic) bond motifs is 2. The number of alkyl halides is 6. The average molecular weight is 1230 g/mol. The first-order chi connectivity index (χ1) is 39.0. The first kappa shape index (κ1) is 66.1. The van der Waals surface area contributed by atoms with E-state index in [0.717, 1.165) is 36.7 Å².